The third kappa shape index (κ3) is 3.47. The molecule has 0 aliphatic carbocycles. The van der Waals surface area contributed by atoms with Gasteiger partial charge in [-0.05, 0) is 44.2 Å². The van der Waals surface area contributed by atoms with Crippen molar-refractivity contribution in [1.29, 1.82) is 0 Å². The van der Waals surface area contributed by atoms with Gasteiger partial charge in [-0.25, -0.2) is 0 Å². The summed E-state index contributed by atoms with van der Waals surface area (Å²) in [6, 6.07) is 6.24. The highest BCUT2D eigenvalue weighted by atomic mass is 16.5. The summed E-state index contributed by atoms with van der Waals surface area (Å²) in [7, 11) is 0. The minimum atomic E-state index is 0.00953. The van der Waals surface area contributed by atoms with E-state index in [0.717, 1.165) is 44.0 Å². The van der Waals surface area contributed by atoms with Gasteiger partial charge in [-0.2, -0.15) is 0 Å². The van der Waals surface area contributed by atoms with Crippen LogP contribution in [0.1, 0.15) is 36.9 Å². The van der Waals surface area contributed by atoms with Gasteiger partial charge >= 0.3 is 0 Å². The second-order valence-electron chi connectivity index (χ2n) is 5.20. The van der Waals surface area contributed by atoms with Crippen LogP contribution >= 0.6 is 0 Å². The Balaban J connectivity index is 2.00. The Morgan fingerprint density at radius 3 is 2.78 bits per heavy atom. The van der Waals surface area contributed by atoms with Crippen molar-refractivity contribution >= 4 is 0 Å². The molecule has 0 radical (unpaired) electrons. The van der Waals surface area contributed by atoms with Crippen molar-refractivity contribution in [2.75, 3.05) is 19.8 Å². The van der Waals surface area contributed by atoms with Gasteiger partial charge in [-0.15, -0.1) is 0 Å². The van der Waals surface area contributed by atoms with Crippen LogP contribution in [-0.4, -0.2) is 19.8 Å². The van der Waals surface area contributed by atoms with Crippen LogP contribution in [0.3, 0.4) is 0 Å². The third-order valence-electron chi connectivity index (χ3n) is 3.48. The van der Waals surface area contributed by atoms with Crippen molar-refractivity contribution in [1.82, 2.24) is 0 Å². The number of benzene rings is 1. The predicted octanol–water partition coefficient (Wildman–Crippen LogP) is 2.82. The molecular weight excluding hydrogens is 226 g/mol. The van der Waals surface area contributed by atoms with Crippen molar-refractivity contribution in [3.05, 3.63) is 29.3 Å². The molecule has 0 spiro atoms. The van der Waals surface area contributed by atoms with Gasteiger partial charge < -0.3 is 15.2 Å². The molecule has 1 aliphatic heterocycles. The molecule has 1 heterocycles. The second-order valence-corrected chi connectivity index (χ2v) is 5.20. The van der Waals surface area contributed by atoms with Crippen molar-refractivity contribution in [2.45, 2.75) is 32.7 Å². The topological polar surface area (TPSA) is 44.5 Å². The summed E-state index contributed by atoms with van der Waals surface area (Å²) in [5.74, 6) is 1.55. The molecule has 2 rings (SSSR count). The Hall–Kier alpha value is -1.06. The van der Waals surface area contributed by atoms with Crippen molar-refractivity contribution in [2.24, 2.45) is 11.7 Å². The maximum absolute atomic E-state index is 5.98. The van der Waals surface area contributed by atoms with E-state index in [4.69, 9.17) is 15.2 Å². The summed E-state index contributed by atoms with van der Waals surface area (Å²) in [6.07, 6.45) is 2.19. The quantitative estimate of drug-likeness (QED) is 0.892. The zero-order valence-electron chi connectivity index (χ0n) is 11.3. The lowest BCUT2D eigenvalue weighted by Crippen LogP contribution is -2.22. The zero-order valence-corrected chi connectivity index (χ0v) is 11.3. The smallest absolute Gasteiger partial charge is 0.124 e. The fraction of sp³-hybridized carbons (Fsp3) is 0.600. The Kier molecular flexibility index (Phi) is 4.61. The van der Waals surface area contributed by atoms with E-state index in [-0.39, 0.29) is 6.04 Å². The lowest BCUT2D eigenvalue weighted by Gasteiger charge is -2.23. The van der Waals surface area contributed by atoms with E-state index in [0.29, 0.717) is 5.92 Å². The number of ether oxygens (including phenoxy) is 2. The molecule has 0 amide bonds. The number of aryl methyl sites for hydroxylation is 1. The lowest BCUT2D eigenvalue weighted by atomic mass is 10.0. The first-order valence-electron chi connectivity index (χ1n) is 6.73. The average molecular weight is 249 g/mol. The SMILES string of the molecule is Cc1ccc(C(C)N)c(OCC2CCOCC2)c1. The second kappa shape index (κ2) is 6.21. The molecule has 1 unspecified atom stereocenters. The van der Waals surface area contributed by atoms with Gasteiger partial charge in [0, 0.05) is 24.8 Å². The summed E-state index contributed by atoms with van der Waals surface area (Å²) in [5, 5.41) is 0. The largest absolute Gasteiger partial charge is 0.493 e. The van der Waals surface area contributed by atoms with E-state index in [1.54, 1.807) is 0 Å². The normalized spacial score (nSPS) is 18.6. The zero-order chi connectivity index (χ0) is 13.0. The summed E-state index contributed by atoms with van der Waals surface area (Å²) < 4.78 is 11.3. The van der Waals surface area contributed by atoms with Crippen molar-refractivity contribution in [3.63, 3.8) is 0 Å². The Bertz CT molecular complexity index is 384. The molecule has 18 heavy (non-hydrogen) atoms. The van der Waals surface area contributed by atoms with Gasteiger partial charge in [-0.3, -0.25) is 0 Å². The van der Waals surface area contributed by atoms with E-state index in [2.05, 4.69) is 25.1 Å². The molecular formula is C15H23NO2. The first-order chi connectivity index (χ1) is 8.66. The summed E-state index contributed by atoms with van der Waals surface area (Å²) in [5.41, 5.74) is 8.27. The van der Waals surface area contributed by atoms with Crippen molar-refractivity contribution < 1.29 is 9.47 Å². The molecule has 0 aromatic heterocycles. The van der Waals surface area contributed by atoms with E-state index in [1.165, 1.54) is 5.56 Å². The first kappa shape index (κ1) is 13.4. The molecule has 1 aromatic carbocycles. The molecule has 3 nitrogen and oxygen atoms in total. The third-order valence-corrected chi connectivity index (χ3v) is 3.48. The van der Waals surface area contributed by atoms with Crippen LogP contribution < -0.4 is 10.5 Å². The minimum absolute atomic E-state index is 0.00953. The molecule has 3 heteroatoms. The minimum Gasteiger partial charge on any atom is -0.493 e. The molecule has 1 atom stereocenters. The lowest BCUT2D eigenvalue weighted by molar-refractivity contribution is 0.0495. The van der Waals surface area contributed by atoms with Crippen LogP contribution in [0, 0.1) is 12.8 Å². The summed E-state index contributed by atoms with van der Waals surface area (Å²) in [6.45, 7) is 6.56. The molecule has 1 saturated heterocycles. The van der Waals surface area contributed by atoms with Crippen LogP contribution in [0.2, 0.25) is 0 Å². The molecule has 1 fully saturated rings. The van der Waals surface area contributed by atoms with E-state index in [1.807, 2.05) is 6.92 Å². The fourth-order valence-corrected chi connectivity index (χ4v) is 2.26. The highest BCUT2D eigenvalue weighted by molar-refractivity contribution is 5.38. The van der Waals surface area contributed by atoms with Crippen molar-refractivity contribution in [3.8, 4) is 5.75 Å². The van der Waals surface area contributed by atoms with Gasteiger partial charge in [-0.1, -0.05) is 12.1 Å². The van der Waals surface area contributed by atoms with E-state index >= 15 is 0 Å². The van der Waals surface area contributed by atoms with Crippen LogP contribution in [-0.2, 0) is 4.74 Å². The average Bonchev–Trinajstić information content (AvgIpc) is 2.37. The molecule has 100 valence electrons. The molecule has 0 bridgehead atoms. The fourth-order valence-electron chi connectivity index (χ4n) is 2.26. The Morgan fingerprint density at radius 1 is 1.39 bits per heavy atom. The predicted molar refractivity (Wildman–Crippen MR) is 72.8 cm³/mol. The van der Waals surface area contributed by atoms with Gasteiger partial charge in [0.25, 0.3) is 0 Å². The highest BCUT2D eigenvalue weighted by Gasteiger charge is 2.16. The standard InChI is InChI=1S/C15H23NO2/c1-11-3-4-14(12(2)16)15(9-11)18-10-13-5-7-17-8-6-13/h3-4,9,12-13H,5-8,10,16H2,1-2H3. The van der Waals surface area contributed by atoms with Gasteiger partial charge in [0.15, 0.2) is 0 Å². The molecule has 0 saturated carbocycles. The van der Waals surface area contributed by atoms with E-state index in [9.17, 15) is 0 Å². The van der Waals surface area contributed by atoms with Crippen LogP contribution in [0.15, 0.2) is 18.2 Å². The maximum Gasteiger partial charge on any atom is 0.124 e. The van der Waals surface area contributed by atoms with E-state index < -0.39 is 0 Å². The number of rotatable bonds is 4. The molecule has 1 aromatic rings. The van der Waals surface area contributed by atoms with Gasteiger partial charge in [0.1, 0.15) is 5.75 Å². The maximum atomic E-state index is 5.98. The summed E-state index contributed by atoms with van der Waals surface area (Å²) in [4.78, 5) is 0. The molecule has 2 N–H and O–H groups in total. The number of hydrogen-bond donors (Lipinski definition) is 1. The van der Waals surface area contributed by atoms with Crippen LogP contribution in [0.4, 0.5) is 0 Å². The molecule has 1 aliphatic rings. The monoisotopic (exact) mass is 249 g/mol. The number of nitrogens with two attached hydrogens (primary N) is 1. The summed E-state index contributed by atoms with van der Waals surface area (Å²) >= 11 is 0. The van der Waals surface area contributed by atoms with Gasteiger partial charge in [0.05, 0.1) is 6.61 Å². The number of hydrogen-bond acceptors (Lipinski definition) is 3. The Labute approximate surface area is 109 Å². The van der Waals surface area contributed by atoms with Gasteiger partial charge in [0.2, 0.25) is 0 Å². The highest BCUT2D eigenvalue weighted by Crippen LogP contribution is 2.26. The Morgan fingerprint density at radius 2 is 2.11 bits per heavy atom. The van der Waals surface area contributed by atoms with Crippen LogP contribution in [0.5, 0.6) is 5.75 Å². The van der Waals surface area contributed by atoms with Crippen LogP contribution in [0.25, 0.3) is 0 Å². The first-order valence-corrected chi connectivity index (χ1v) is 6.73.